The van der Waals surface area contributed by atoms with Gasteiger partial charge >= 0.3 is 0 Å². The Morgan fingerprint density at radius 3 is 2.41 bits per heavy atom. The number of thiazole rings is 1. The number of anilines is 2. The highest BCUT2D eigenvalue weighted by Gasteiger charge is 2.33. The molecular weight excluding hydrogens is 671 g/mol. The number of hydrogen-bond acceptors (Lipinski definition) is 8. The molecule has 2 aliphatic rings. The van der Waals surface area contributed by atoms with Crippen LogP contribution in [0.25, 0.3) is 22.6 Å². The normalized spacial score (nSPS) is 16.1. The maximum absolute atomic E-state index is 13.8. The molecule has 10 heteroatoms. The summed E-state index contributed by atoms with van der Waals surface area (Å²) in [5, 5.41) is 0. The zero-order valence-electron chi connectivity index (χ0n) is 27.7. The second kappa shape index (κ2) is 16.0. The lowest BCUT2D eigenvalue weighted by molar-refractivity contribution is -0.132. The first-order valence-electron chi connectivity index (χ1n) is 16.7. The number of aromatic nitrogens is 1. The number of carbonyl (C=O) groups is 2. The highest BCUT2D eigenvalue weighted by Crippen LogP contribution is 2.37. The lowest BCUT2D eigenvalue weighted by Crippen LogP contribution is -2.34. The molecule has 3 heterocycles. The van der Waals surface area contributed by atoms with Gasteiger partial charge in [-0.2, -0.15) is 0 Å². The first-order chi connectivity index (χ1) is 23.9. The van der Waals surface area contributed by atoms with Gasteiger partial charge in [0.1, 0.15) is 13.9 Å². The number of hydrogen-bond donors (Lipinski definition) is 0. The van der Waals surface area contributed by atoms with E-state index in [0.29, 0.717) is 31.4 Å². The number of nitrogens with zero attached hydrogens (tertiary/aromatic N) is 3. The Balaban J connectivity index is 1.46. The van der Waals surface area contributed by atoms with Gasteiger partial charge < -0.3 is 9.64 Å². The van der Waals surface area contributed by atoms with Crippen LogP contribution in [-0.4, -0.2) is 39.3 Å². The van der Waals surface area contributed by atoms with Crippen molar-refractivity contribution in [3.63, 3.8) is 0 Å². The van der Waals surface area contributed by atoms with E-state index in [4.69, 9.17) is 17.0 Å². The van der Waals surface area contributed by atoms with E-state index in [0.717, 1.165) is 54.3 Å². The number of thioether (sulfide) groups is 1. The number of unbranched alkanes of at least 4 members (excludes halogenated alkanes) is 3. The second-order valence-corrected chi connectivity index (χ2v) is 14.7. The number of ether oxygens (including phenoxy) is 1. The van der Waals surface area contributed by atoms with Crippen LogP contribution in [0.15, 0.2) is 77.6 Å². The lowest BCUT2D eigenvalue weighted by atomic mass is 9.99. The minimum absolute atomic E-state index is 0.254. The number of carbonyl (C=O) groups excluding carboxylic acids is 2. The van der Waals surface area contributed by atoms with Gasteiger partial charge in [-0.1, -0.05) is 105 Å². The second-order valence-electron chi connectivity index (χ2n) is 12.0. The van der Waals surface area contributed by atoms with Crippen molar-refractivity contribution in [3.8, 4) is 0 Å². The van der Waals surface area contributed by atoms with Gasteiger partial charge in [-0.3, -0.25) is 23.9 Å². The molecule has 0 saturated carbocycles. The number of rotatable bonds is 12. The average molecular weight is 710 g/mol. The van der Waals surface area contributed by atoms with Crippen LogP contribution in [0.3, 0.4) is 0 Å². The van der Waals surface area contributed by atoms with Crippen LogP contribution >= 0.6 is 35.3 Å². The molecule has 4 aromatic rings. The van der Waals surface area contributed by atoms with E-state index in [1.165, 1.54) is 62.6 Å². The molecule has 0 radical (unpaired) electrons. The van der Waals surface area contributed by atoms with Crippen molar-refractivity contribution in [2.75, 3.05) is 18.0 Å². The Morgan fingerprint density at radius 1 is 0.898 bits per heavy atom. The van der Waals surface area contributed by atoms with Gasteiger partial charge in [0.2, 0.25) is 0 Å². The zero-order valence-corrected chi connectivity index (χ0v) is 30.2. The molecule has 7 nitrogen and oxygen atoms in total. The van der Waals surface area contributed by atoms with Crippen molar-refractivity contribution < 1.29 is 14.3 Å². The third kappa shape index (κ3) is 7.51. The molecule has 3 aromatic carbocycles. The maximum atomic E-state index is 13.8. The smallest absolute Gasteiger partial charge is 0.294 e. The van der Waals surface area contributed by atoms with E-state index in [1.54, 1.807) is 0 Å². The van der Waals surface area contributed by atoms with E-state index in [9.17, 15) is 14.4 Å². The Morgan fingerprint density at radius 2 is 1.65 bits per heavy atom. The highest BCUT2D eigenvalue weighted by atomic mass is 32.2. The van der Waals surface area contributed by atoms with E-state index >= 15 is 0 Å². The quantitative estimate of drug-likeness (QED) is 0.0689. The van der Waals surface area contributed by atoms with Gasteiger partial charge in [-0.15, -0.1) is 11.3 Å². The molecule has 0 N–H and O–H groups in total. The van der Waals surface area contributed by atoms with Gasteiger partial charge in [0, 0.05) is 24.5 Å². The fourth-order valence-corrected chi connectivity index (χ4v) is 8.97. The predicted molar refractivity (Wildman–Crippen MR) is 206 cm³/mol. The van der Waals surface area contributed by atoms with Crippen molar-refractivity contribution in [2.24, 2.45) is 0 Å². The van der Waals surface area contributed by atoms with E-state index < -0.39 is 0 Å². The Kier molecular flexibility index (Phi) is 11.3. The number of aryl methyl sites for hydroxylation is 2. The van der Waals surface area contributed by atoms with Crippen LogP contribution in [0.1, 0.15) is 61.8 Å². The van der Waals surface area contributed by atoms with Crippen LogP contribution in [0.5, 0.6) is 0 Å². The van der Waals surface area contributed by atoms with Crippen LogP contribution < -0.4 is 19.7 Å². The Labute approximate surface area is 300 Å². The largest absolute Gasteiger partial charge is 0.446 e. The molecule has 1 amide bonds. The molecule has 49 heavy (non-hydrogen) atoms. The fourth-order valence-electron chi connectivity index (χ4n) is 6.35. The van der Waals surface area contributed by atoms with E-state index in [-0.39, 0.29) is 18.2 Å². The molecule has 1 fully saturated rings. The van der Waals surface area contributed by atoms with Crippen LogP contribution in [0, 0.1) is 0 Å². The zero-order chi connectivity index (χ0) is 34.3. The Bertz CT molecular complexity index is 2080. The summed E-state index contributed by atoms with van der Waals surface area (Å²) < 4.78 is 7.64. The summed E-state index contributed by atoms with van der Waals surface area (Å²) >= 11 is 7.80. The minimum Gasteiger partial charge on any atom is -0.446 e. The molecule has 1 saturated heterocycles. The number of allylic oxidation sites excluding steroid dienone is 1. The standard InChI is InChI=1S/C39H39N3O4S3/c1-3-5-6-12-21-41-32-16-11-10-15-29(32)18-19-30-22-27(17-20-33(30)41)23-31(28-13-8-7-9-14-28)24-34-36(44)42(25-46-26-43)38(48-34)35-37(45)40(4-2)39(47)49-35/h7-11,13-17,20,22-24,26H,3-6,12,18-19,21,25H2,1-2H3. The lowest BCUT2D eigenvalue weighted by Gasteiger charge is -2.27. The van der Waals surface area contributed by atoms with Crippen molar-refractivity contribution in [2.45, 2.75) is 59.1 Å². The highest BCUT2D eigenvalue weighted by molar-refractivity contribution is 8.30. The van der Waals surface area contributed by atoms with Gasteiger partial charge in [0.15, 0.2) is 6.73 Å². The summed E-state index contributed by atoms with van der Waals surface area (Å²) in [6.07, 6.45) is 10.7. The molecule has 1 aromatic heterocycles. The van der Waals surface area contributed by atoms with Crippen molar-refractivity contribution in [3.05, 3.63) is 115 Å². The number of thiocarbonyl (C=S) groups is 1. The van der Waals surface area contributed by atoms with Crippen molar-refractivity contribution in [1.82, 2.24) is 9.47 Å². The minimum atomic E-state index is -0.344. The van der Waals surface area contributed by atoms with E-state index in [2.05, 4.69) is 60.4 Å². The summed E-state index contributed by atoms with van der Waals surface area (Å²) in [5.74, 6) is -0.254. The fraction of sp³-hybridized carbons (Fsp3) is 0.282. The molecule has 6 rings (SSSR count). The van der Waals surface area contributed by atoms with Crippen LogP contribution in [-0.2, 0) is 33.9 Å². The first kappa shape index (κ1) is 34.6. The number of fused-ring (bicyclic) bond motifs is 2. The average Bonchev–Trinajstić information content (AvgIpc) is 3.52. The molecule has 2 aliphatic heterocycles. The third-order valence-corrected chi connectivity index (χ3v) is 11.5. The summed E-state index contributed by atoms with van der Waals surface area (Å²) in [4.78, 5) is 42.6. The van der Waals surface area contributed by atoms with Gasteiger partial charge in [0.25, 0.3) is 17.9 Å². The van der Waals surface area contributed by atoms with Crippen molar-refractivity contribution >= 4 is 86.0 Å². The Hall–Kier alpha value is -4.25. The van der Waals surface area contributed by atoms with Crippen molar-refractivity contribution in [1.29, 1.82) is 0 Å². The molecule has 252 valence electrons. The molecule has 0 spiro atoms. The number of para-hydroxylation sites is 1. The van der Waals surface area contributed by atoms with Gasteiger partial charge in [0.05, 0.1) is 4.53 Å². The summed E-state index contributed by atoms with van der Waals surface area (Å²) in [7, 11) is 0. The first-order valence-corrected chi connectivity index (χ1v) is 18.8. The molecule has 0 unspecified atom stereocenters. The molecule has 0 bridgehead atoms. The van der Waals surface area contributed by atoms with Gasteiger partial charge in [-0.25, -0.2) is 0 Å². The number of benzene rings is 3. The van der Waals surface area contributed by atoms with Crippen LogP contribution in [0.4, 0.5) is 11.4 Å². The molecular formula is C39H39N3O4S3. The maximum Gasteiger partial charge on any atom is 0.294 e. The molecule has 0 aliphatic carbocycles. The SMILES string of the molecule is CCCCCCN1c2ccccc2CCc2cc(C=C(C=c3sc(=C4SC(=S)N(CC)C4=O)n(COC=O)c3=O)c3ccccc3)ccc21. The number of amides is 1. The van der Waals surface area contributed by atoms with E-state index in [1.807, 2.05) is 43.3 Å². The summed E-state index contributed by atoms with van der Waals surface area (Å²) in [6, 6.07) is 25.4. The van der Waals surface area contributed by atoms with Gasteiger partial charge in [-0.05, 0) is 84.4 Å². The predicted octanol–water partition coefficient (Wildman–Crippen LogP) is 6.87. The summed E-state index contributed by atoms with van der Waals surface area (Å²) in [6.45, 7) is 5.50. The topological polar surface area (TPSA) is 71.8 Å². The molecule has 0 atom stereocenters. The van der Waals surface area contributed by atoms with Crippen LogP contribution in [0.2, 0.25) is 0 Å². The summed E-state index contributed by atoms with van der Waals surface area (Å²) in [5.41, 5.74) is 7.70. The third-order valence-electron chi connectivity index (χ3n) is 8.83. The monoisotopic (exact) mass is 709 g/mol.